The molecule has 0 radical (unpaired) electrons. The molecule has 0 aliphatic heterocycles. The molecule has 3 heterocycles. The fraction of sp³-hybridized carbons (Fsp3) is 0.0312. The van der Waals surface area contributed by atoms with E-state index in [1.807, 2.05) is 30.3 Å². The molecule has 1 N–H and O–H groups in total. The topological polar surface area (TPSA) is 68.2 Å². The van der Waals surface area contributed by atoms with E-state index in [1.165, 1.54) is 5.56 Å². The number of rotatable bonds is 5. The van der Waals surface area contributed by atoms with Crippen molar-refractivity contribution in [3.63, 3.8) is 0 Å². The van der Waals surface area contributed by atoms with Crippen molar-refractivity contribution in [2.24, 2.45) is 0 Å². The summed E-state index contributed by atoms with van der Waals surface area (Å²) in [6.07, 6.45) is 1.71. The summed E-state index contributed by atoms with van der Waals surface area (Å²) in [7, 11) is 0. The Morgan fingerprint density at radius 2 is 1.29 bits per heavy atom. The summed E-state index contributed by atoms with van der Waals surface area (Å²) in [6, 6.07) is 38.3. The molecule has 6 nitrogen and oxygen atoms in total. The van der Waals surface area contributed by atoms with Crippen LogP contribution in [0.15, 0.2) is 122 Å². The van der Waals surface area contributed by atoms with Gasteiger partial charge in [0.25, 0.3) is 0 Å². The Morgan fingerprint density at radius 1 is 0.658 bits per heavy atom. The minimum atomic E-state index is 0.141. The third-order valence-corrected chi connectivity index (χ3v) is 6.82. The van der Waals surface area contributed by atoms with Gasteiger partial charge in [-0.05, 0) is 28.8 Å². The van der Waals surface area contributed by atoms with Gasteiger partial charge in [-0.2, -0.15) is 0 Å². The van der Waals surface area contributed by atoms with Crippen LogP contribution in [0.5, 0.6) is 5.75 Å². The van der Waals surface area contributed by atoms with Gasteiger partial charge in [-0.15, -0.1) is 5.10 Å². The van der Waals surface area contributed by atoms with Gasteiger partial charge in [-0.25, -0.2) is 14.5 Å². The van der Waals surface area contributed by atoms with Crippen LogP contribution in [-0.2, 0) is 6.54 Å². The zero-order valence-corrected chi connectivity index (χ0v) is 20.4. The van der Waals surface area contributed by atoms with Gasteiger partial charge >= 0.3 is 0 Å². The molecular weight excluding hydrogens is 470 g/mol. The van der Waals surface area contributed by atoms with Gasteiger partial charge in [0.15, 0.2) is 11.5 Å². The van der Waals surface area contributed by atoms with Gasteiger partial charge < -0.3 is 9.67 Å². The van der Waals surface area contributed by atoms with E-state index in [0.717, 1.165) is 33.4 Å². The second-order valence-corrected chi connectivity index (χ2v) is 9.19. The van der Waals surface area contributed by atoms with Gasteiger partial charge in [0.05, 0.1) is 16.6 Å². The summed E-state index contributed by atoms with van der Waals surface area (Å²) in [5.41, 5.74) is 7.58. The maximum atomic E-state index is 10.5. The normalized spacial score (nSPS) is 11.4. The predicted octanol–water partition coefficient (Wildman–Crippen LogP) is 6.83. The number of hydrogen-bond acceptors (Lipinski definition) is 4. The summed E-state index contributed by atoms with van der Waals surface area (Å²) >= 11 is 0. The molecule has 0 spiro atoms. The van der Waals surface area contributed by atoms with Crippen molar-refractivity contribution in [3.8, 4) is 39.5 Å². The molecule has 0 aliphatic rings. The van der Waals surface area contributed by atoms with Gasteiger partial charge in [-0.3, -0.25) is 0 Å². The van der Waals surface area contributed by atoms with E-state index in [2.05, 4.69) is 77.4 Å². The summed E-state index contributed by atoms with van der Waals surface area (Å²) < 4.78 is 3.98. The highest BCUT2D eigenvalue weighted by Gasteiger charge is 2.25. The van der Waals surface area contributed by atoms with Crippen LogP contribution in [-0.4, -0.2) is 29.3 Å². The van der Waals surface area contributed by atoms with Gasteiger partial charge in [-0.1, -0.05) is 103 Å². The van der Waals surface area contributed by atoms with Gasteiger partial charge in [0, 0.05) is 12.1 Å². The lowest BCUT2D eigenvalue weighted by Crippen LogP contribution is -2.03. The van der Waals surface area contributed by atoms with Crippen molar-refractivity contribution >= 4 is 16.7 Å². The smallest absolute Gasteiger partial charge is 0.185 e. The molecule has 38 heavy (non-hydrogen) atoms. The number of para-hydroxylation sites is 1. The van der Waals surface area contributed by atoms with Gasteiger partial charge in [0.1, 0.15) is 17.7 Å². The van der Waals surface area contributed by atoms with E-state index >= 15 is 0 Å². The monoisotopic (exact) mass is 493 g/mol. The summed E-state index contributed by atoms with van der Waals surface area (Å²) in [5, 5.41) is 16.1. The number of aromatic hydroxyl groups is 1. The molecule has 7 rings (SSSR count). The van der Waals surface area contributed by atoms with Crippen LogP contribution < -0.4 is 0 Å². The Labute approximate surface area is 219 Å². The van der Waals surface area contributed by atoms with E-state index in [9.17, 15) is 5.11 Å². The van der Waals surface area contributed by atoms with E-state index in [1.54, 1.807) is 23.0 Å². The van der Waals surface area contributed by atoms with Crippen molar-refractivity contribution in [1.82, 2.24) is 24.1 Å². The molecule has 0 aliphatic carbocycles. The minimum Gasteiger partial charge on any atom is -0.507 e. The van der Waals surface area contributed by atoms with E-state index in [-0.39, 0.29) is 5.75 Å². The van der Waals surface area contributed by atoms with Gasteiger partial charge in [0.2, 0.25) is 0 Å². The lowest BCUT2D eigenvalue weighted by Gasteiger charge is -2.13. The first kappa shape index (κ1) is 22.0. The SMILES string of the molecule is Oc1ccccc1-c1nc2c3c(-c4ccccc4)c(-c4ccccc4)n(Cc4ccccc4)c3ncn2n1. The zero-order valence-electron chi connectivity index (χ0n) is 20.4. The number of hydrogen-bond donors (Lipinski definition) is 1. The number of phenols is 1. The number of nitrogens with zero attached hydrogens (tertiary/aromatic N) is 5. The largest absolute Gasteiger partial charge is 0.507 e. The van der Waals surface area contributed by atoms with Crippen molar-refractivity contribution < 1.29 is 5.11 Å². The Hall–Kier alpha value is -5.23. The third-order valence-electron chi connectivity index (χ3n) is 6.82. The Bertz CT molecular complexity index is 1890. The van der Waals surface area contributed by atoms with Crippen LogP contribution >= 0.6 is 0 Å². The standard InChI is InChI=1S/C32H23N5O/c38-26-19-11-10-18-25(26)30-34-32-28-27(23-14-6-2-7-15-23)29(24-16-8-3-9-17-24)36(20-22-12-4-1-5-13-22)31(28)33-21-37(32)35-30/h1-19,21,38H,20H2. The highest BCUT2D eigenvalue weighted by Crippen LogP contribution is 2.42. The Balaban J connectivity index is 1.61. The van der Waals surface area contributed by atoms with Crippen molar-refractivity contribution in [2.75, 3.05) is 0 Å². The van der Waals surface area contributed by atoms with Crippen LogP contribution in [0.3, 0.4) is 0 Å². The molecule has 3 aromatic heterocycles. The predicted molar refractivity (Wildman–Crippen MR) is 150 cm³/mol. The van der Waals surface area contributed by atoms with Crippen molar-refractivity contribution in [3.05, 3.63) is 127 Å². The highest BCUT2D eigenvalue weighted by molar-refractivity contribution is 6.09. The minimum absolute atomic E-state index is 0.141. The molecule has 182 valence electrons. The van der Waals surface area contributed by atoms with E-state index in [4.69, 9.17) is 15.1 Å². The summed E-state index contributed by atoms with van der Waals surface area (Å²) in [6.45, 7) is 0.651. The first-order valence-corrected chi connectivity index (χ1v) is 12.5. The molecule has 0 amide bonds. The van der Waals surface area contributed by atoms with Crippen LogP contribution in [0.2, 0.25) is 0 Å². The number of aromatic nitrogens is 5. The molecule has 0 atom stereocenters. The second kappa shape index (κ2) is 9.01. The quantitative estimate of drug-likeness (QED) is 0.285. The maximum Gasteiger partial charge on any atom is 0.185 e. The van der Waals surface area contributed by atoms with E-state index < -0.39 is 0 Å². The molecule has 6 heteroatoms. The summed E-state index contributed by atoms with van der Waals surface area (Å²) in [4.78, 5) is 9.88. The average molecular weight is 494 g/mol. The molecule has 4 aromatic carbocycles. The second-order valence-electron chi connectivity index (χ2n) is 9.19. The highest BCUT2D eigenvalue weighted by atomic mass is 16.3. The van der Waals surface area contributed by atoms with Crippen LogP contribution in [0.4, 0.5) is 0 Å². The van der Waals surface area contributed by atoms with Crippen molar-refractivity contribution in [1.29, 1.82) is 0 Å². The lowest BCUT2D eigenvalue weighted by molar-refractivity contribution is 0.477. The molecule has 0 saturated carbocycles. The van der Waals surface area contributed by atoms with Crippen LogP contribution in [0.1, 0.15) is 5.56 Å². The van der Waals surface area contributed by atoms with Crippen LogP contribution in [0, 0.1) is 0 Å². The first-order valence-electron chi connectivity index (χ1n) is 12.5. The molecule has 0 unspecified atom stereocenters. The lowest BCUT2D eigenvalue weighted by atomic mass is 9.99. The van der Waals surface area contributed by atoms with E-state index in [0.29, 0.717) is 23.6 Å². The summed E-state index contributed by atoms with van der Waals surface area (Å²) in [5.74, 6) is 0.594. The molecule has 0 bridgehead atoms. The Morgan fingerprint density at radius 3 is 2.00 bits per heavy atom. The fourth-order valence-electron chi connectivity index (χ4n) is 5.11. The fourth-order valence-corrected chi connectivity index (χ4v) is 5.11. The molecule has 7 aromatic rings. The molecule has 0 saturated heterocycles. The average Bonchev–Trinajstić information content (AvgIpc) is 3.54. The van der Waals surface area contributed by atoms with Crippen LogP contribution in [0.25, 0.3) is 50.5 Å². The number of phenolic OH excluding ortho intramolecular Hbond substituents is 1. The zero-order chi connectivity index (χ0) is 25.5. The number of benzene rings is 4. The first-order chi connectivity index (χ1) is 18.8. The maximum absolute atomic E-state index is 10.5. The van der Waals surface area contributed by atoms with Crippen molar-refractivity contribution in [2.45, 2.75) is 6.54 Å². The molecule has 0 fully saturated rings. The third kappa shape index (κ3) is 3.62. The Kier molecular flexibility index (Phi) is 5.22. The molecular formula is C32H23N5O. The number of fused-ring (bicyclic) bond motifs is 3.